The maximum atomic E-state index is 12.7. The predicted molar refractivity (Wildman–Crippen MR) is 92.5 cm³/mol. The molecule has 0 amide bonds. The Morgan fingerprint density at radius 2 is 1.96 bits per heavy atom. The van der Waals surface area contributed by atoms with E-state index in [4.69, 9.17) is 0 Å². The van der Waals surface area contributed by atoms with Crippen LogP contribution in [0.5, 0.6) is 0 Å². The van der Waals surface area contributed by atoms with E-state index in [1.807, 2.05) is 0 Å². The first kappa shape index (κ1) is 17.5. The highest BCUT2D eigenvalue weighted by Crippen LogP contribution is 2.27. The van der Waals surface area contributed by atoms with Gasteiger partial charge in [-0.3, -0.25) is 14.8 Å². The smallest absolute Gasteiger partial charge is 0.273 e. The van der Waals surface area contributed by atoms with Crippen molar-refractivity contribution in [3.05, 3.63) is 64.0 Å². The van der Waals surface area contributed by atoms with Gasteiger partial charge in [-0.1, -0.05) is 12.1 Å². The van der Waals surface area contributed by atoms with Gasteiger partial charge in [0.15, 0.2) is 0 Å². The van der Waals surface area contributed by atoms with E-state index >= 15 is 0 Å². The Morgan fingerprint density at radius 3 is 2.62 bits per heavy atom. The second-order valence-electron chi connectivity index (χ2n) is 5.51. The van der Waals surface area contributed by atoms with E-state index in [0.717, 1.165) is 6.07 Å². The number of nitro groups is 1. The number of aryl methyl sites for hydroxylation is 1. The number of tetrazole rings is 1. The molecule has 1 heterocycles. The van der Waals surface area contributed by atoms with Crippen LogP contribution >= 0.6 is 0 Å². The lowest BCUT2D eigenvalue weighted by molar-refractivity contribution is -0.385. The molecule has 11 heteroatoms. The first-order chi connectivity index (χ1) is 12.3. The topological polar surface area (TPSA) is 133 Å². The zero-order chi connectivity index (χ0) is 18.9. The van der Waals surface area contributed by atoms with Crippen molar-refractivity contribution in [2.45, 2.75) is 18.7 Å². The Morgan fingerprint density at radius 1 is 1.19 bits per heavy atom. The summed E-state index contributed by atoms with van der Waals surface area (Å²) in [4.78, 5) is 10.3. The van der Waals surface area contributed by atoms with Crippen LogP contribution < -0.4 is 4.72 Å². The van der Waals surface area contributed by atoms with E-state index < -0.39 is 14.9 Å². The molecule has 0 unspecified atom stereocenters. The minimum Gasteiger partial charge on any atom is -0.279 e. The molecule has 1 N–H and O–H groups in total. The van der Waals surface area contributed by atoms with Crippen LogP contribution in [-0.2, 0) is 10.0 Å². The van der Waals surface area contributed by atoms with Crippen molar-refractivity contribution >= 4 is 21.4 Å². The summed E-state index contributed by atoms with van der Waals surface area (Å²) in [6, 6.07) is 8.74. The maximum absolute atomic E-state index is 12.7. The van der Waals surface area contributed by atoms with Crippen molar-refractivity contribution in [3.63, 3.8) is 0 Å². The predicted octanol–water partition coefficient (Wildman–Crippen LogP) is 1.99. The fraction of sp³-hybridized carbons (Fsp3) is 0.133. The number of aromatic nitrogens is 4. The quantitative estimate of drug-likeness (QED) is 0.533. The molecule has 0 spiro atoms. The minimum atomic E-state index is -4.01. The normalized spacial score (nSPS) is 11.3. The third kappa shape index (κ3) is 3.24. The Hall–Kier alpha value is -3.34. The molecule has 0 saturated heterocycles. The molecule has 3 aromatic rings. The Balaban J connectivity index is 2.00. The summed E-state index contributed by atoms with van der Waals surface area (Å²) in [5.74, 6) is 0. The van der Waals surface area contributed by atoms with E-state index in [1.54, 1.807) is 32.0 Å². The van der Waals surface area contributed by atoms with Crippen molar-refractivity contribution in [1.29, 1.82) is 0 Å². The molecule has 0 aliphatic carbocycles. The lowest BCUT2D eigenvalue weighted by atomic mass is 10.1. The summed E-state index contributed by atoms with van der Waals surface area (Å²) in [5, 5.41) is 22.0. The molecule has 2 aromatic carbocycles. The van der Waals surface area contributed by atoms with Gasteiger partial charge >= 0.3 is 0 Å². The second kappa shape index (κ2) is 6.52. The fourth-order valence-electron chi connectivity index (χ4n) is 2.41. The molecule has 0 fully saturated rings. The number of rotatable bonds is 5. The summed E-state index contributed by atoms with van der Waals surface area (Å²) in [6.07, 6.45) is 1.39. The lowest BCUT2D eigenvalue weighted by Crippen LogP contribution is -2.15. The molecule has 134 valence electrons. The van der Waals surface area contributed by atoms with Crippen LogP contribution in [0.4, 0.5) is 11.4 Å². The van der Waals surface area contributed by atoms with E-state index in [2.05, 4.69) is 20.2 Å². The van der Waals surface area contributed by atoms with Gasteiger partial charge in [0.2, 0.25) is 0 Å². The van der Waals surface area contributed by atoms with Gasteiger partial charge in [0.05, 0.1) is 21.2 Å². The average Bonchev–Trinajstić information content (AvgIpc) is 3.11. The summed E-state index contributed by atoms with van der Waals surface area (Å²) in [6.45, 7) is 3.26. The largest absolute Gasteiger partial charge is 0.279 e. The molecule has 0 radical (unpaired) electrons. The molecular weight excluding hydrogens is 360 g/mol. The first-order valence-corrected chi connectivity index (χ1v) is 8.89. The van der Waals surface area contributed by atoms with Crippen LogP contribution in [0, 0.1) is 24.0 Å². The SMILES string of the molecule is Cc1ccc(S(=O)(=O)Nc2cccc(-n3cnnn3)c2C)cc1[N+](=O)[O-]. The number of nitrogens with one attached hydrogen (secondary N) is 1. The average molecular weight is 374 g/mol. The van der Waals surface area contributed by atoms with Crippen LogP contribution in [0.3, 0.4) is 0 Å². The van der Waals surface area contributed by atoms with Crippen LogP contribution in [0.25, 0.3) is 5.69 Å². The first-order valence-electron chi connectivity index (χ1n) is 7.40. The van der Waals surface area contributed by atoms with Gasteiger partial charge in [-0.05, 0) is 48.0 Å². The van der Waals surface area contributed by atoms with Crippen LogP contribution in [0.2, 0.25) is 0 Å². The maximum Gasteiger partial charge on any atom is 0.273 e. The third-order valence-corrected chi connectivity index (χ3v) is 5.20. The molecule has 10 nitrogen and oxygen atoms in total. The fourth-order valence-corrected chi connectivity index (χ4v) is 3.55. The molecule has 26 heavy (non-hydrogen) atoms. The number of benzene rings is 2. The number of nitrogens with zero attached hydrogens (tertiary/aromatic N) is 5. The van der Waals surface area contributed by atoms with Crippen LogP contribution in [0.1, 0.15) is 11.1 Å². The van der Waals surface area contributed by atoms with Gasteiger partial charge in [-0.2, -0.15) is 0 Å². The standard InChI is InChI=1S/C15H14N6O4S/c1-10-6-7-12(8-15(10)21(22)23)26(24,25)17-13-4-3-5-14(11(13)2)20-9-16-18-19-20/h3-9,17H,1-2H3. The van der Waals surface area contributed by atoms with Gasteiger partial charge in [0.25, 0.3) is 15.7 Å². The van der Waals surface area contributed by atoms with E-state index in [-0.39, 0.29) is 10.6 Å². The van der Waals surface area contributed by atoms with Crippen LogP contribution in [0.15, 0.2) is 47.6 Å². The van der Waals surface area contributed by atoms with Gasteiger partial charge < -0.3 is 0 Å². The molecule has 0 aliphatic heterocycles. The molecule has 1 aromatic heterocycles. The summed E-state index contributed by atoms with van der Waals surface area (Å²) < 4.78 is 29.2. The monoisotopic (exact) mass is 374 g/mol. The highest BCUT2D eigenvalue weighted by Gasteiger charge is 2.21. The summed E-state index contributed by atoms with van der Waals surface area (Å²) in [7, 11) is -4.01. The van der Waals surface area contributed by atoms with Crippen molar-refractivity contribution < 1.29 is 13.3 Å². The molecular formula is C15H14N6O4S. The van der Waals surface area contributed by atoms with Crippen LogP contribution in [-0.4, -0.2) is 33.5 Å². The van der Waals surface area contributed by atoms with Crippen molar-refractivity contribution in [1.82, 2.24) is 20.2 Å². The van der Waals surface area contributed by atoms with Gasteiger partial charge in [-0.25, -0.2) is 13.1 Å². The second-order valence-corrected chi connectivity index (χ2v) is 7.20. The number of hydrogen-bond donors (Lipinski definition) is 1. The van der Waals surface area contributed by atoms with E-state index in [0.29, 0.717) is 22.5 Å². The number of sulfonamides is 1. The lowest BCUT2D eigenvalue weighted by Gasteiger charge is -2.13. The van der Waals surface area contributed by atoms with Crippen molar-refractivity contribution in [2.24, 2.45) is 0 Å². The Labute approximate surface area is 148 Å². The zero-order valence-corrected chi connectivity index (χ0v) is 14.6. The molecule has 0 saturated carbocycles. The zero-order valence-electron chi connectivity index (χ0n) is 13.8. The molecule has 3 rings (SSSR count). The number of hydrogen-bond acceptors (Lipinski definition) is 7. The number of anilines is 1. The van der Waals surface area contributed by atoms with Gasteiger partial charge in [0.1, 0.15) is 6.33 Å². The molecule has 0 atom stereocenters. The minimum absolute atomic E-state index is 0.193. The van der Waals surface area contributed by atoms with E-state index in [1.165, 1.54) is 23.1 Å². The molecule has 0 aliphatic rings. The third-order valence-electron chi connectivity index (χ3n) is 3.83. The Bertz CT molecular complexity index is 1080. The van der Waals surface area contributed by atoms with Gasteiger partial charge in [0, 0.05) is 11.6 Å². The Kier molecular flexibility index (Phi) is 4.38. The highest BCUT2D eigenvalue weighted by molar-refractivity contribution is 7.92. The van der Waals surface area contributed by atoms with Gasteiger partial charge in [-0.15, -0.1) is 5.10 Å². The number of nitro benzene ring substituents is 1. The van der Waals surface area contributed by atoms with E-state index in [9.17, 15) is 18.5 Å². The highest BCUT2D eigenvalue weighted by atomic mass is 32.2. The molecule has 0 bridgehead atoms. The van der Waals surface area contributed by atoms with Crippen molar-refractivity contribution in [3.8, 4) is 5.69 Å². The van der Waals surface area contributed by atoms with Crippen molar-refractivity contribution in [2.75, 3.05) is 4.72 Å². The summed E-state index contributed by atoms with van der Waals surface area (Å²) >= 11 is 0. The summed E-state index contributed by atoms with van der Waals surface area (Å²) in [5.41, 5.74) is 1.65.